The lowest BCUT2D eigenvalue weighted by Crippen LogP contribution is -2.48. The Bertz CT molecular complexity index is 505. The molecule has 0 spiro atoms. The Morgan fingerprint density at radius 1 is 0.750 bits per heavy atom. The highest BCUT2D eigenvalue weighted by Gasteiger charge is 2.19. The quantitative estimate of drug-likeness (QED) is 0.0819. The second-order valence-corrected chi connectivity index (χ2v) is 9.90. The zero-order chi connectivity index (χ0) is 24.6. The van der Waals surface area contributed by atoms with Crippen LogP contribution in [0, 0.1) is 0 Å². The molecule has 0 atom stereocenters. The van der Waals surface area contributed by atoms with E-state index in [9.17, 15) is 13.0 Å². The van der Waals surface area contributed by atoms with Crippen LogP contribution in [-0.4, -0.2) is 74.7 Å². The molecule has 2 N–H and O–H groups in total. The second kappa shape index (κ2) is 23.6. The number of likely N-dealkylation sites (N-methyl/N-ethyl adjacent to an activating group) is 1. The topological polar surface area (TPSA) is 107 Å². The van der Waals surface area contributed by atoms with Gasteiger partial charge in [-0.3, -0.25) is 4.18 Å². The molecule has 0 aliphatic heterocycles. The first-order valence-electron chi connectivity index (χ1n) is 12.5. The smallest absolute Gasteiger partial charge is 0.217 e. The molecule has 0 radical (unpaired) electrons. The molecular formula is C24H51NO6S. The van der Waals surface area contributed by atoms with Gasteiger partial charge in [0.25, 0.3) is 0 Å². The molecule has 0 rings (SSSR count). The second-order valence-electron chi connectivity index (χ2n) is 8.75. The Morgan fingerprint density at radius 3 is 1.50 bits per heavy atom. The minimum absolute atomic E-state index is 0.211. The van der Waals surface area contributed by atoms with E-state index < -0.39 is 10.4 Å². The van der Waals surface area contributed by atoms with Crippen LogP contribution < -0.4 is 0 Å². The molecule has 32 heavy (non-hydrogen) atoms. The van der Waals surface area contributed by atoms with Crippen molar-refractivity contribution in [2.45, 2.75) is 96.8 Å². The van der Waals surface area contributed by atoms with E-state index in [2.05, 4.69) is 30.3 Å². The van der Waals surface area contributed by atoms with Gasteiger partial charge in [-0.25, -0.2) is 8.42 Å². The fraction of sp³-hybridized carbons (Fsp3) is 0.917. The standard InChI is InChI=1S/C23H48NO2.CH4O4S/c1-3-4-5-6-7-8-9-10-11-12-13-14-15-16-17-18-19-24(2,20-22-25)21-23-26;1-5-6(2,3)4/h10-11,25-26H,3-9,12-23H2,1-2H3;1H3,(H,2,3,4)/q+1;/p-1/b11-10-;. The minimum Gasteiger partial charge on any atom is -0.726 e. The zero-order valence-corrected chi connectivity index (χ0v) is 21.8. The van der Waals surface area contributed by atoms with Crippen LogP contribution in [0.3, 0.4) is 0 Å². The van der Waals surface area contributed by atoms with E-state index in [0.717, 1.165) is 31.2 Å². The molecule has 0 unspecified atom stereocenters. The van der Waals surface area contributed by atoms with E-state index in [0.29, 0.717) is 0 Å². The van der Waals surface area contributed by atoms with Crippen molar-refractivity contribution in [3.8, 4) is 0 Å². The Balaban J connectivity index is 0. The summed E-state index contributed by atoms with van der Waals surface area (Å²) in [5.74, 6) is 0. The predicted octanol–water partition coefficient (Wildman–Crippen LogP) is 4.55. The number of unbranched alkanes of at least 4 members (excludes halogenated alkanes) is 12. The highest BCUT2D eigenvalue weighted by atomic mass is 32.3. The SMILES string of the molecule is CCCCCCCC/C=C\CCCCCCCC[N+](C)(CCO)CCO.COS(=O)(=O)[O-]. The molecule has 0 fully saturated rings. The van der Waals surface area contributed by atoms with Gasteiger partial charge < -0.3 is 19.2 Å². The van der Waals surface area contributed by atoms with Crippen LogP contribution in [0.5, 0.6) is 0 Å². The molecule has 7 nitrogen and oxygen atoms in total. The van der Waals surface area contributed by atoms with Gasteiger partial charge in [0, 0.05) is 0 Å². The number of aliphatic hydroxyl groups excluding tert-OH is 2. The Hall–Kier alpha value is -0.510. The fourth-order valence-electron chi connectivity index (χ4n) is 3.56. The van der Waals surface area contributed by atoms with Crippen molar-refractivity contribution in [2.24, 2.45) is 0 Å². The van der Waals surface area contributed by atoms with Gasteiger partial charge in [0.1, 0.15) is 13.1 Å². The molecule has 0 aromatic rings. The molecule has 0 aliphatic carbocycles. The maximum atomic E-state index is 9.22. The van der Waals surface area contributed by atoms with Crippen LogP contribution in [0.15, 0.2) is 12.2 Å². The van der Waals surface area contributed by atoms with Crippen molar-refractivity contribution in [3.63, 3.8) is 0 Å². The van der Waals surface area contributed by atoms with Gasteiger partial charge in [-0.15, -0.1) is 0 Å². The van der Waals surface area contributed by atoms with Gasteiger partial charge in [0.15, 0.2) is 0 Å². The van der Waals surface area contributed by atoms with E-state index in [-0.39, 0.29) is 13.2 Å². The Labute approximate surface area is 198 Å². The lowest BCUT2D eigenvalue weighted by molar-refractivity contribution is -0.910. The van der Waals surface area contributed by atoms with Crippen molar-refractivity contribution in [1.29, 1.82) is 0 Å². The van der Waals surface area contributed by atoms with Crippen molar-refractivity contribution in [3.05, 3.63) is 12.2 Å². The highest BCUT2D eigenvalue weighted by Crippen LogP contribution is 2.11. The minimum atomic E-state index is -4.41. The average molecular weight is 482 g/mol. The summed E-state index contributed by atoms with van der Waals surface area (Å²) in [6, 6.07) is 0. The normalized spacial score (nSPS) is 12.2. The van der Waals surface area contributed by atoms with Gasteiger partial charge in [-0.2, -0.15) is 0 Å². The third kappa shape index (κ3) is 27.5. The lowest BCUT2D eigenvalue weighted by atomic mass is 10.1. The molecule has 0 bridgehead atoms. The monoisotopic (exact) mass is 481 g/mol. The van der Waals surface area contributed by atoms with E-state index in [1.165, 1.54) is 89.9 Å². The van der Waals surface area contributed by atoms with Crippen molar-refractivity contribution >= 4 is 10.4 Å². The van der Waals surface area contributed by atoms with Crippen molar-refractivity contribution < 1.29 is 31.8 Å². The van der Waals surface area contributed by atoms with Gasteiger partial charge in [0.2, 0.25) is 10.4 Å². The number of aliphatic hydroxyl groups is 2. The molecule has 0 saturated heterocycles. The van der Waals surface area contributed by atoms with Crippen molar-refractivity contribution in [2.75, 3.05) is 47.0 Å². The van der Waals surface area contributed by atoms with Crippen LogP contribution in [0.1, 0.15) is 96.8 Å². The van der Waals surface area contributed by atoms with E-state index in [1.807, 2.05) is 0 Å². The van der Waals surface area contributed by atoms with E-state index in [1.54, 1.807) is 0 Å². The largest absolute Gasteiger partial charge is 0.726 e. The molecule has 8 heteroatoms. The molecule has 0 aromatic carbocycles. The van der Waals surface area contributed by atoms with Crippen molar-refractivity contribution in [1.82, 2.24) is 0 Å². The first-order chi connectivity index (χ1) is 15.2. The molecule has 194 valence electrons. The number of rotatable bonds is 21. The summed E-state index contributed by atoms with van der Waals surface area (Å²) in [5, 5.41) is 18.3. The van der Waals surface area contributed by atoms with Crippen LogP contribution >= 0.6 is 0 Å². The highest BCUT2D eigenvalue weighted by molar-refractivity contribution is 7.80. The molecule has 0 heterocycles. The summed E-state index contributed by atoms with van der Waals surface area (Å²) < 4.78 is 31.8. The number of quaternary nitrogens is 1. The van der Waals surface area contributed by atoms with Gasteiger partial charge in [-0.05, 0) is 38.5 Å². The predicted molar refractivity (Wildman–Crippen MR) is 131 cm³/mol. The number of nitrogens with zero attached hydrogens (tertiary/aromatic N) is 1. The van der Waals surface area contributed by atoms with E-state index >= 15 is 0 Å². The Morgan fingerprint density at radius 2 is 1.12 bits per heavy atom. The zero-order valence-electron chi connectivity index (χ0n) is 21.0. The third-order valence-electron chi connectivity index (χ3n) is 5.69. The van der Waals surface area contributed by atoms with Crippen LogP contribution in [0.4, 0.5) is 0 Å². The third-order valence-corrected chi connectivity index (χ3v) is 6.10. The summed E-state index contributed by atoms with van der Waals surface area (Å²) in [4.78, 5) is 0. The maximum Gasteiger partial charge on any atom is 0.217 e. The summed E-state index contributed by atoms with van der Waals surface area (Å²) in [5.41, 5.74) is 0. The molecule has 0 aromatic heterocycles. The van der Waals surface area contributed by atoms with Crippen LogP contribution in [-0.2, 0) is 14.6 Å². The summed E-state index contributed by atoms with van der Waals surface area (Å²) >= 11 is 0. The molecule has 0 amide bonds. The van der Waals surface area contributed by atoms with Gasteiger partial charge in [0.05, 0.1) is 33.9 Å². The van der Waals surface area contributed by atoms with E-state index in [4.69, 9.17) is 10.2 Å². The number of allylic oxidation sites excluding steroid dienone is 2. The molecule has 0 saturated carbocycles. The summed E-state index contributed by atoms with van der Waals surface area (Å²) in [7, 11) is -1.46. The van der Waals surface area contributed by atoms with Crippen LogP contribution in [0.2, 0.25) is 0 Å². The maximum absolute atomic E-state index is 9.22. The number of hydrogen-bond acceptors (Lipinski definition) is 6. The molecule has 0 aliphatic rings. The van der Waals surface area contributed by atoms with Crippen LogP contribution in [0.25, 0.3) is 0 Å². The van der Waals surface area contributed by atoms with Gasteiger partial charge in [-0.1, -0.05) is 70.4 Å². The number of hydrogen-bond donors (Lipinski definition) is 2. The fourth-order valence-corrected chi connectivity index (χ4v) is 3.56. The first-order valence-corrected chi connectivity index (χ1v) is 13.8. The first kappa shape index (κ1) is 33.7. The van der Waals surface area contributed by atoms with Gasteiger partial charge >= 0.3 is 0 Å². The summed E-state index contributed by atoms with van der Waals surface area (Å²) in [6.45, 7) is 5.28. The Kier molecular flexibility index (Phi) is 24.9. The molecular weight excluding hydrogens is 430 g/mol. The lowest BCUT2D eigenvalue weighted by Gasteiger charge is -2.33. The summed E-state index contributed by atoms with van der Waals surface area (Å²) in [6.07, 6.45) is 23.5. The average Bonchev–Trinajstić information content (AvgIpc) is 2.74.